The Hall–Kier alpha value is -2.24. The van der Waals surface area contributed by atoms with Crippen molar-refractivity contribution in [1.82, 2.24) is 5.32 Å². The van der Waals surface area contributed by atoms with Gasteiger partial charge in [0.1, 0.15) is 0 Å². The second-order valence-electron chi connectivity index (χ2n) is 4.63. The molecule has 1 saturated carbocycles. The highest BCUT2D eigenvalue weighted by molar-refractivity contribution is 5.95. The van der Waals surface area contributed by atoms with Crippen molar-refractivity contribution in [2.24, 2.45) is 0 Å². The molecule has 1 amide bonds. The van der Waals surface area contributed by atoms with E-state index in [2.05, 4.69) is 10.6 Å². The number of nitrogens with two attached hydrogens (primary N) is 1. The summed E-state index contributed by atoms with van der Waals surface area (Å²) in [6, 6.07) is 4.88. The number of hydrogen-bond donors (Lipinski definition) is 4. The van der Waals surface area contributed by atoms with E-state index in [1.165, 1.54) is 12.1 Å². The molecule has 0 spiro atoms. The fourth-order valence-corrected chi connectivity index (χ4v) is 1.73. The second-order valence-corrected chi connectivity index (χ2v) is 4.63. The molecule has 0 aliphatic heterocycles. The molecule has 19 heavy (non-hydrogen) atoms. The number of amides is 1. The number of aromatic carboxylic acids is 1. The van der Waals surface area contributed by atoms with E-state index < -0.39 is 5.97 Å². The van der Waals surface area contributed by atoms with Crippen molar-refractivity contribution in [2.45, 2.75) is 25.3 Å². The van der Waals surface area contributed by atoms with Crippen LogP contribution in [0.25, 0.3) is 0 Å². The summed E-state index contributed by atoms with van der Waals surface area (Å²) in [7, 11) is 0. The molecule has 0 atom stereocenters. The first-order valence-electron chi connectivity index (χ1n) is 6.22. The van der Waals surface area contributed by atoms with Gasteiger partial charge in [0.15, 0.2) is 0 Å². The standard InChI is InChI=1S/C13H17N3O3/c14-8-1-4-10(13(18)19)11(7-8)15-6-5-12(17)16-9-2-3-9/h1,4,7,9,15H,2-3,5-6,14H2,(H,16,17)(H,18,19). The van der Waals surface area contributed by atoms with Crippen LogP contribution < -0.4 is 16.4 Å². The summed E-state index contributed by atoms with van der Waals surface area (Å²) in [6.45, 7) is 0.377. The normalized spacial score (nSPS) is 13.9. The van der Waals surface area contributed by atoms with Crippen molar-refractivity contribution < 1.29 is 14.7 Å². The van der Waals surface area contributed by atoms with Crippen LogP contribution in [0.2, 0.25) is 0 Å². The van der Waals surface area contributed by atoms with E-state index >= 15 is 0 Å². The minimum Gasteiger partial charge on any atom is -0.478 e. The van der Waals surface area contributed by atoms with Gasteiger partial charge in [-0.2, -0.15) is 0 Å². The number of carboxylic acids is 1. The van der Waals surface area contributed by atoms with Crippen LogP contribution in [0.4, 0.5) is 11.4 Å². The molecule has 2 rings (SSSR count). The molecule has 1 aliphatic rings. The predicted octanol–water partition coefficient (Wildman–Crippen LogP) is 1.05. The maximum Gasteiger partial charge on any atom is 0.337 e. The fourth-order valence-electron chi connectivity index (χ4n) is 1.73. The lowest BCUT2D eigenvalue weighted by Gasteiger charge is -2.10. The molecule has 0 saturated heterocycles. The highest BCUT2D eigenvalue weighted by Gasteiger charge is 2.22. The summed E-state index contributed by atoms with van der Waals surface area (Å²) in [5.74, 6) is -1.04. The SMILES string of the molecule is Nc1ccc(C(=O)O)c(NCCC(=O)NC2CC2)c1. The molecule has 1 aromatic rings. The zero-order valence-corrected chi connectivity index (χ0v) is 10.5. The van der Waals surface area contributed by atoms with Crippen LogP contribution in [-0.4, -0.2) is 29.6 Å². The van der Waals surface area contributed by atoms with Gasteiger partial charge in [-0.1, -0.05) is 0 Å². The van der Waals surface area contributed by atoms with E-state index in [1.54, 1.807) is 6.07 Å². The zero-order chi connectivity index (χ0) is 13.8. The Balaban J connectivity index is 1.88. The van der Waals surface area contributed by atoms with Gasteiger partial charge in [0.05, 0.1) is 11.3 Å². The zero-order valence-electron chi connectivity index (χ0n) is 10.5. The molecule has 6 nitrogen and oxygen atoms in total. The molecule has 102 valence electrons. The number of hydrogen-bond acceptors (Lipinski definition) is 4. The third-order valence-corrected chi connectivity index (χ3v) is 2.88. The van der Waals surface area contributed by atoms with Crippen molar-refractivity contribution in [3.63, 3.8) is 0 Å². The monoisotopic (exact) mass is 263 g/mol. The highest BCUT2D eigenvalue weighted by Crippen LogP contribution is 2.20. The first-order valence-corrected chi connectivity index (χ1v) is 6.22. The van der Waals surface area contributed by atoms with Gasteiger partial charge in [0.25, 0.3) is 0 Å². The number of benzene rings is 1. The highest BCUT2D eigenvalue weighted by atomic mass is 16.4. The van der Waals surface area contributed by atoms with E-state index in [4.69, 9.17) is 10.8 Å². The Labute approximate surface area is 111 Å². The lowest BCUT2D eigenvalue weighted by molar-refractivity contribution is -0.120. The Kier molecular flexibility index (Phi) is 3.89. The van der Waals surface area contributed by atoms with E-state index in [0.29, 0.717) is 30.4 Å². The third-order valence-electron chi connectivity index (χ3n) is 2.88. The van der Waals surface area contributed by atoms with Gasteiger partial charge in [-0.05, 0) is 31.0 Å². The fraction of sp³-hybridized carbons (Fsp3) is 0.385. The van der Waals surface area contributed by atoms with Crippen LogP contribution in [0.15, 0.2) is 18.2 Å². The average Bonchev–Trinajstić information content (AvgIpc) is 3.12. The molecular formula is C13H17N3O3. The maximum absolute atomic E-state index is 11.5. The number of nitrogens with one attached hydrogen (secondary N) is 2. The molecule has 5 N–H and O–H groups in total. The Morgan fingerprint density at radius 3 is 2.74 bits per heavy atom. The molecular weight excluding hydrogens is 246 g/mol. The van der Waals surface area contributed by atoms with Gasteiger partial charge in [-0.25, -0.2) is 4.79 Å². The summed E-state index contributed by atoms with van der Waals surface area (Å²) in [6.07, 6.45) is 2.42. The van der Waals surface area contributed by atoms with Crippen LogP contribution in [-0.2, 0) is 4.79 Å². The number of carbonyl (C=O) groups is 2. The Bertz CT molecular complexity index is 498. The molecule has 1 aliphatic carbocycles. The van der Waals surface area contributed by atoms with E-state index in [-0.39, 0.29) is 11.5 Å². The quantitative estimate of drug-likeness (QED) is 0.574. The molecule has 0 aromatic heterocycles. The van der Waals surface area contributed by atoms with Gasteiger partial charge in [-0.3, -0.25) is 4.79 Å². The van der Waals surface area contributed by atoms with Crippen molar-refractivity contribution in [2.75, 3.05) is 17.6 Å². The minimum atomic E-state index is -1.02. The van der Waals surface area contributed by atoms with E-state index in [9.17, 15) is 9.59 Å². The summed E-state index contributed by atoms with van der Waals surface area (Å²) in [5.41, 5.74) is 6.69. The van der Waals surface area contributed by atoms with Crippen LogP contribution in [0, 0.1) is 0 Å². The number of anilines is 2. The largest absolute Gasteiger partial charge is 0.478 e. The van der Waals surface area contributed by atoms with E-state index in [1.807, 2.05) is 0 Å². The van der Waals surface area contributed by atoms with Crippen LogP contribution in [0.1, 0.15) is 29.6 Å². The van der Waals surface area contributed by atoms with Crippen LogP contribution >= 0.6 is 0 Å². The van der Waals surface area contributed by atoms with Crippen LogP contribution in [0.3, 0.4) is 0 Å². The second kappa shape index (κ2) is 5.60. The first-order chi connectivity index (χ1) is 9.06. The molecule has 0 radical (unpaired) electrons. The molecule has 1 fully saturated rings. The summed E-state index contributed by atoms with van der Waals surface area (Å²) in [5, 5.41) is 14.8. The number of carboxylic acid groups (broad SMARTS) is 1. The smallest absolute Gasteiger partial charge is 0.337 e. The predicted molar refractivity (Wildman–Crippen MR) is 72.1 cm³/mol. The van der Waals surface area contributed by atoms with Gasteiger partial charge < -0.3 is 21.5 Å². The Morgan fingerprint density at radius 1 is 1.37 bits per heavy atom. The van der Waals surface area contributed by atoms with Crippen molar-refractivity contribution in [3.8, 4) is 0 Å². The average molecular weight is 263 g/mol. The lowest BCUT2D eigenvalue weighted by atomic mass is 10.1. The number of rotatable bonds is 6. The summed E-state index contributed by atoms with van der Waals surface area (Å²) >= 11 is 0. The molecule has 0 bridgehead atoms. The van der Waals surface area contributed by atoms with Gasteiger partial charge in [0.2, 0.25) is 5.91 Å². The number of carbonyl (C=O) groups excluding carboxylic acids is 1. The first kappa shape index (κ1) is 13.2. The summed E-state index contributed by atoms with van der Waals surface area (Å²) < 4.78 is 0. The number of nitrogen functional groups attached to an aromatic ring is 1. The van der Waals surface area contributed by atoms with Gasteiger partial charge in [0, 0.05) is 24.7 Å². The van der Waals surface area contributed by atoms with Crippen molar-refractivity contribution in [1.29, 1.82) is 0 Å². The molecule has 0 unspecified atom stereocenters. The third kappa shape index (κ3) is 3.87. The topological polar surface area (TPSA) is 104 Å². The molecule has 0 heterocycles. The summed E-state index contributed by atoms with van der Waals surface area (Å²) in [4.78, 5) is 22.5. The van der Waals surface area contributed by atoms with Crippen LogP contribution in [0.5, 0.6) is 0 Å². The maximum atomic E-state index is 11.5. The Morgan fingerprint density at radius 2 is 2.11 bits per heavy atom. The lowest BCUT2D eigenvalue weighted by Crippen LogP contribution is -2.27. The minimum absolute atomic E-state index is 0.0178. The van der Waals surface area contributed by atoms with Crippen molar-refractivity contribution >= 4 is 23.3 Å². The van der Waals surface area contributed by atoms with Gasteiger partial charge in [-0.15, -0.1) is 0 Å². The molecule has 1 aromatic carbocycles. The van der Waals surface area contributed by atoms with Gasteiger partial charge >= 0.3 is 5.97 Å². The van der Waals surface area contributed by atoms with Crippen molar-refractivity contribution in [3.05, 3.63) is 23.8 Å². The van der Waals surface area contributed by atoms with E-state index in [0.717, 1.165) is 12.8 Å². The molecule has 6 heteroatoms.